The number of esters is 1. The van der Waals surface area contributed by atoms with Crippen LogP contribution in [0.5, 0.6) is 0 Å². The summed E-state index contributed by atoms with van der Waals surface area (Å²) in [6.07, 6.45) is -1.13. The van der Waals surface area contributed by atoms with E-state index in [1.807, 2.05) is 12.2 Å². The lowest BCUT2D eigenvalue weighted by Crippen LogP contribution is -2.45. The quantitative estimate of drug-likeness (QED) is 0.780. The van der Waals surface area contributed by atoms with Crippen LogP contribution in [0.2, 0.25) is 0 Å². The van der Waals surface area contributed by atoms with Crippen molar-refractivity contribution in [1.29, 1.82) is 0 Å². The van der Waals surface area contributed by atoms with Crippen LogP contribution in [-0.4, -0.2) is 39.0 Å². The summed E-state index contributed by atoms with van der Waals surface area (Å²) in [5.41, 5.74) is 6.50. The Morgan fingerprint density at radius 2 is 2.04 bits per heavy atom. The van der Waals surface area contributed by atoms with Crippen molar-refractivity contribution in [2.45, 2.75) is 33.4 Å². The predicted octanol–water partition coefficient (Wildman–Crippen LogP) is 0.828. The van der Waals surface area contributed by atoms with Crippen LogP contribution >= 0.6 is 0 Å². The molecule has 1 atom stereocenters. The molecule has 0 aliphatic heterocycles. The molecule has 2 aromatic rings. The van der Waals surface area contributed by atoms with Crippen LogP contribution in [0.3, 0.4) is 0 Å². The van der Waals surface area contributed by atoms with Gasteiger partial charge in [0, 0.05) is 6.54 Å². The second kappa shape index (κ2) is 7.07. The van der Waals surface area contributed by atoms with Gasteiger partial charge in [0.1, 0.15) is 5.52 Å². The Balaban J connectivity index is 2.20. The molecule has 0 aliphatic carbocycles. The molecule has 3 amide bonds. The number of hydrogen-bond donors (Lipinski definition) is 2. The number of carbonyl (C=O) groups is 3. The highest BCUT2D eigenvalue weighted by Gasteiger charge is 2.28. The second-order valence-corrected chi connectivity index (χ2v) is 5.53. The Morgan fingerprint density at radius 3 is 2.62 bits per heavy atom. The molecule has 0 saturated carbocycles. The highest BCUT2D eigenvalue weighted by Crippen LogP contribution is 2.16. The number of aromatic nitrogens is 3. The van der Waals surface area contributed by atoms with E-state index in [2.05, 4.69) is 10.3 Å². The maximum Gasteiger partial charge on any atom is 0.339 e. The number of amides is 3. The molecule has 3 N–H and O–H groups in total. The third-order valence-corrected chi connectivity index (χ3v) is 3.39. The molecule has 0 saturated heterocycles. The SMILES string of the molecule is CCn1nnc2cc(C(=O)O[C@@H](C(=O)NC(N)=O)C(C)C)ccc21. The second-order valence-electron chi connectivity index (χ2n) is 5.53. The van der Waals surface area contributed by atoms with E-state index in [0.29, 0.717) is 12.1 Å². The van der Waals surface area contributed by atoms with Crippen molar-refractivity contribution in [3.63, 3.8) is 0 Å². The molecule has 0 spiro atoms. The fourth-order valence-corrected chi connectivity index (χ4v) is 2.20. The molecular weight excluding hydrogens is 314 g/mol. The minimum absolute atomic E-state index is 0.239. The first kappa shape index (κ1) is 17.4. The number of nitrogens with two attached hydrogens (primary N) is 1. The number of nitrogens with one attached hydrogen (secondary N) is 1. The Kier molecular flexibility index (Phi) is 5.12. The van der Waals surface area contributed by atoms with Crippen molar-refractivity contribution in [3.05, 3.63) is 23.8 Å². The molecule has 1 aromatic carbocycles. The lowest BCUT2D eigenvalue weighted by atomic mass is 10.1. The molecular formula is C15H19N5O4. The number of ether oxygens (including phenoxy) is 1. The Bertz CT molecular complexity index is 783. The van der Waals surface area contributed by atoms with Crippen LogP contribution in [0.15, 0.2) is 18.2 Å². The maximum atomic E-state index is 12.3. The third kappa shape index (κ3) is 3.67. The molecule has 0 unspecified atom stereocenters. The summed E-state index contributed by atoms with van der Waals surface area (Å²) in [5, 5.41) is 9.87. The maximum absolute atomic E-state index is 12.3. The molecule has 24 heavy (non-hydrogen) atoms. The van der Waals surface area contributed by atoms with Gasteiger partial charge >= 0.3 is 12.0 Å². The summed E-state index contributed by atoms with van der Waals surface area (Å²) >= 11 is 0. The number of benzene rings is 1. The monoisotopic (exact) mass is 333 g/mol. The van der Waals surface area contributed by atoms with E-state index < -0.39 is 24.0 Å². The van der Waals surface area contributed by atoms with Crippen LogP contribution in [0, 0.1) is 5.92 Å². The third-order valence-electron chi connectivity index (χ3n) is 3.39. The van der Waals surface area contributed by atoms with Gasteiger partial charge in [-0.3, -0.25) is 10.1 Å². The molecule has 0 fully saturated rings. The average Bonchev–Trinajstić information content (AvgIpc) is 2.93. The number of primary amides is 1. The van der Waals surface area contributed by atoms with Gasteiger partial charge in [0.15, 0.2) is 6.10 Å². The van der Waals surface area contributed by atoms with E-state index in [1.165, 1.54) is 0 Å². The summed E-state index contributed by atoms with van der Waals surface area (Å²) in [5.74, 6) is -1.79. The van der Waals surface area contributed by atoms with Gasteiger partial charge in [-0.2, -0.15) is 0 Å². The number of imide groups is 1. The number of fused-ring (bicyclic) bond motifs is 1. The average molecular weight is 333 g/mol. The molecule has 9 nitrogen and oxygen atoms in total. The minimum Gasteiger partial charge on any atom is -0.448 e. The number of carbonyl (C=O) groups excluding carboxylic acids is 3. The molecule has 128 valence electrons. The van der Waals surface area contributed by atoms with Crippen molar-refractivity contribution < 1.29 is 19.1 Å². The predicted molar refractivity (Wildman–Crippen MR) is 85.0 cm³/mol. The molecule has 1 aromatic heterocycles. The van der Waals surface area contributed by atoms with E-state index in [4.69, 9.17) is 10.5 Å². The van der Waals surface area contributed by atoms with Crippen molar-refractivity contribution in [3.8, 4) is 0 Å². The van der Waals surface area contributed by atoms with Crippen LogP contribution in [0.4, 0.5) is 4.79 Å². The first-order chi connectivity index (χ1) is 11.3. The summed E-state index contributed by atoms with van der Waals surface area (Å²) in [7, 11) is 0. The van der Waals surface area contributed by atoms with Crippen molar-refractivity contribution in [2.24, 2.45) is 11.7 Å². The molecule has 0 radical (unpaired) electrons. The molecule has 2 rings (SSSR count). The zero-order chi connectivity index (χ0) is 17.9. The van der Waals surface area contributed by atoms with Crippen LogP contribution in [-0.2, 0) is 16.1 Å². The zero-order valence-corrected chi connectivity index (χ0v) is 13.6. The van der Waals surface area contributed by atoms with Crippen molar-refractivity contribution in [1.82, 2.24) is 20.3 Å². The Morgan fingerprint density at radius 1 is 1.33 bits per heavy atom. The fraction of sp³-hybridized carbons (Fsp3) is 0.400. The van der Waals surface area contributed by atoms with Gasteiger partial charge in [-0.1, -0.05) is 19.1 Å². The van der Waals surface area contributed by atoms with E-state index in [0.717, 1.165) is 5.52 Å². The van der Waals surface area contributed by atoms with Crippen LogP contribution in [0.1, 0.15) is 31.1 Å². The lowest BCUT2D eigenvalue weighted by molar-refractivity contribution is -0.130. The minimum atomic E-state index is -1.13. The Labute approximate surface area is 138 Å². The highest BCUT2D eigenvalue weighted by atomic mass is 16.5. The van der Waals surface area contributed by atoms with Gasteiger partial charge < -0.3 is 10.5 Å². The number of aryl methyl sites for hydroxylation is 1. The molecule has 0 aliphatic rings. The van der Waals surface area contributed by atoms with Crippen LogP contribution < -0.4 is 11.1 Å². The van der Waals surface area contributed by atoms with Crippen molar-refractivity contribution in [2.75, 3.05) is 0 Å². The topological polar surface area (TPSA) is 129 Å². The molecule has 9 heteroatoms. The van der Waals surface area contributed by atoms with E-state index >= 15 is 0 Å². The van der Waals surface area contributed by atoms with Gasteiger partial charge in [-0.25, -0.2) is 14.3 Å². The van der Waals surface area contributed by atoms with Gasteiger partial charge in [0.2, 0.25) is 0 Å². The lowest BCUT2D eigenvalue weighted by Gasteiger charge is -2.19. The van der Waals surface area contributed by atoms with Crippen LogP contribution in [0.25, 0.3) is 11.0 Å². The standard InChI is InChI=1S/C15H19N5O4/c1-4-20-11-6-5-9(7-10(11)18-19-20)14(22)24-12(8(2)3)13(21)17-15(16)23/h5-8,12H,4H2,1-3H3,(H3,16,17,21,23)/t12-/m1/s1. The summed E-state index contributed by atoms with van der Waals surface area (Å²) in [6, 6.07) is 3.83. The smallest absolute Gasteiger partial charge is 0.339 e. The molecule has 1 heterocycles. The van der Waals surface area contributed by atoms with E-state index in [-0.39, 0.29) is 11.5 Å². The normalized spacial score (nSPS) is 12.2. The largest absolute Gasteiger partial charge is 0.448 e. The zero-order valence-electron chi connectivity index (χ0n) is 13.6. The summed E-state index contributed by atoms with van der Waals surface area (Å²) in [6.45, 7) is 5.97. The molecule has 0 bridgehead atoms. The number of nitrogens with zero attached hydrogens (tertiary/aromatic N) is 3. The first-order valence-corrected chi connectivity index (χ1v) is 7.48. The van der Waals surface area contributed by atoms with E-state index in [1.54, 1.807) is 36.7 Å². The number of urea groups is 1. The Hall–Kier alpha value is -2.97. The summed E-state index contributed by atoms with van der Waals surface area (Å²) < 4.78 is 6.93. The van der Waals surface area contributed by atoms with Gasteiger partial charge in [-0.15, -0.1) is 5.10 Å². The van der Waals surface area contributed by atoms with Gasteiger partial charge in [0.25, 0.3) is 5.91 Å². The number of rotatable bonds is 5. The first-order valence-electron chi connectivity index (χ1n) is 7.48. The van der Waals surface area contributed by atoms with Crippen molar-refractivity contribution >= 4 is 28.9 Å². The summed E-state index contributed by atoms with van der Waals surface area (Å²) in [4.78, 5) is 35.0. The van der Waals surface area contributed by atoms with Gasteiger partial charge in [-0.05, 0) is 31.0 Å². The fourth-order valence-electron chi connectivity index (χ4n) is 2.20. The number of hydrogen-bond acceptors (Lipinski definition) is 6. The van der Waals surface area contributed by atoms with Gasteiger partial charge in [0.05, 0.1) is 11.1 Å². The highest BCUT2D eigenvalue weighted by molar-refractivity contribution is 5.99. The van der Waals surface area contributed by atoms with E-state index in [9.17, 15) is 14.4 Å².